The number of allylic oxidation sites excluding steroid dienone is 1. The minimum atomic E-state index is -1.29. The Morgan fingerprint density at radius 3 is 2.62 bits per heavy atom. The largest absolute Gasteiger partial charge is 0.460 e. The molecule has 6 atom stereocenters. The van der Waals surface area contributed by atoms with Crippen LogP contribution in [-0.4, -0.2) is 94.7 Å². The molecule has 40 heavy (non-hydrogen) atoms. The molecule has 11 heteroatoms. The maximum absolute atomic E-state index is 14.6. The molecule has 4 heterocycles. The maximum Gasteiger partial charge on any atom is 0.313 e. The molecule has 5 bridgehead atoms. The number of nitrogens with zero attached hydrogens (tertiary/aromatic N) is 2. The van der Waals surface area contributed by atoms with Crippen LogP contribution in [0.2, 0.25) is 0 Å². The van der Waals surface area contributed by atoms with Gasteiger partial charge in [-0.05, 0) is 45.1 Å². The highest BCUT2D eigenvalue weighted by molar-refractivity contribution is 9.11. The van der Waals surface area contributed by atoms with Crippen LogP contribution in [0.25, 0.3) is 0 Å². The van der Waals surface area contributed by atoms with Crippen LogP contribution in [-0.2, 0) is 28.7 Å². The summed E-state index contributed by atoms with van der Waals surface area (Å²) in [6, 6.07) is -0.889. The Morgan fingerprint density at radius 2 is 1.88 bits per heavy atom. The number of rotatable bonds is 5. The molecule has 0 radical (unpaired) electrons. The molecule has 1 spiro atoms. The first-order valence-electron chi connectivity index (χ1n) is 14.7. The molecule has 1 saturated carbocycles. The van der Waals surface area contributed by atoms with Gasteiger partial charge in [-0.1, -0.05) is 47.3 Å². The number of halogens is 1. The summed E-state index contributed by atoms with van der Waals surface area (Å²) in [6.45, 7) is 2.51. The van der Waals surface area contributed by atoms with E-state index in [2.05, 4.69) is 21.2 Å². The van der Waals surface area contributed by atoms with E-state index in [1.165, 1.54) is 0 Å². The van der Waals surface area contributed by atoms with Gasteiger partial charge in [-0.2, -0.15) is 0 Å². The second kappa shape index (κ2) is 12.3. The number of unbranched alkanes of at least 4 members (excludes halogenated alkanes) is 1. The highest BCUT2D eigenvalue weighted by Gasteiger charge is 2.75. The number of hydrogen-bond donors (Lipinski definition) is 2. The molecule has 2 saturated heterocycles. The molecular weight excluding hydrogens is 582 g/mol. The van der Waals surface area contributed by atoms with E-state index in [0.29, 0.717) is 36.7 Å². The Morgan fingerprint density at radius 1 is 1.10 bits per heavy atom. The fourth-order valence-corrected chi connectivity index (χ4v) is 7.79. The zero-order chi connectivity index (χ0) is 28.4. The summed E-state index contributed by atoms with van der Waals surface area (Å²) in [5.41, 5.74) is -1.29. The van der Waals surface area contributed by atoms with Crippen molar-refractivity contribution in [2.45, 2.75) is 94.6 Å². The van der Waals surface area contributed by atoms with Crippen LogP contribution in [0.5, 0.6) is 0 Å². The fraction of sp³-hybridized carbons (Fsp3) is 0.724. The molecule has 5 aliphatic rings. The van der Waals surface area contributed by atoms with Crippen molar-refractivity contribution in [3.05, 3.63) is 22.7 Å². The molecule has 0 aromatic heterocycles. The molecule has 2 N–H and O–H groups in total. The smallest absolute Gasteiger partial charge is 0.313 e. The van der Waals surface area contributed by atoms with Crippen molar-refractivity contribution in [3.8, 4) is 0 Å². The first-order chi connectivity index (χ1) is 19.3. The van der Waals surface area contributed by atoms with Gasteiger partial charge in [0.1, 0.15) is 29.8 Å². The van der Waals surface area contributed by atoms with E-state index in [1.807, 2.05) is 23.1 Å². The van der Waals surface area contributed by atoms with Crippen molar-refractivity contribution in [3.63, 3.8) is 0 Å². The zero-order valence-electron chi connectivity index (χ0n) is 23.1. The fourth-order valence-electron chi connectivity index (χ4n) is 7.05. The van der Waals surface area contributed by atoms with Crippen LogP contribution in [0.15, 0.2) is 22.7 Å². The van der Waals surface area contributed by atoms with Gasteiger partial charge in [-0.15, -0.1) is 0 Å². The van der Waals surface area contributed by atoms with Gasteiger partial charge in [0, 0.05) is 36.6 Å². The first-order valence-corrected chi connectivity index (χ1v) is 15.5. The number of aliphatic hydroxyl groups is 1. The van der Waals surface area contributed by atoms with Crippen molar-refractivity contribution in [1.29, 1.82) is 0 Å². The second-order valence-corrected chi connectivity index (χ2v) is 12.5. The topological polar surface area (TPSA) is 125 Å². The van der Waals surface area contributed by atoms with Gasteiger partial charge in [0.25, 0.3) is 0 Å². The van der Waals surface area contributed by atoms with Crippen molar-refractivity contribution in [2.24, 2.45) is 11.8 Å². The molecule has 10 nitrogen and oxygen atoms in total. The zero-order valence-corrected chi connectivity index (χ0v) is 24.6. The summed E-state index contributed by atoms with van der Waals surface area (Å²) in [5, 5.41) is 12.2. The monoisotopic (exact) mass is 621 g/mol. The van der Waals surface area contributed by atoms with Crippen LogP contribution in [0.4, 0.5) is 0 Å². The lowest BCUT2D eigenvalue weighted by atomic mass is 9.74. The van der Waals surface area contributed by atoms with Crippen molar-refractivity contribution in [1.82, 2.24) is 15.1 Å². The Bertz CT molecular complexity index is 1070. The number of esters is 1. The molecule has 0 aromatic carbocycles. The van der Waals surface area contributed by atoms with Crippen molar-refractivity contribution < 1.29 is 33.8 Å². The molecule has 0 unspecified atom stereocenters. The Kier molecular flexibility index (Phi) is 9.01. The quantitative estimate of drug-likeness (QED) is 0.274. The number of carbonyl (C=O) groups excluding carboxylic acids is 4. The van der Waals surface area contributed by atoms with Crippen LogP contribution in [0.1, 0.15) is 64.7 Å². The van der Waals surface area contributed by atoms with Crippen molar-refractivity contribution >= 4 is 39.6 Å². The predicted molar refractivity (Wildman–Crippen MR) is 149 cm³/mol. The number of likely N-dealkylation sites (tertiary alicyclic amines) is 1. The van der Waals surface area contributed by atoms with Crippen LogP contribution in [0.3, 0.4) is 0 Å². The summed E-state index contributed by atoms with van der Waals surface area (Å²) in [6.07, 6.45) is 11.2. The van der Waals surface area contributed by atoms with E-state index in [4.69, 9.17) is 9.47 Å². The number of cyclic esters (lactones) is 1. The van der Waals surface area contributed by atoms with Crippen LogP contribution >= 0.6 is 15.9 Å². The van der Waals surface area contributed by atoms with E-state index in [9.17, 15) is 24.3 Å². The number of hydrogen-bond acceptors (Lipinski definition) is 7. The molecule has 5 rings (SSSR count). The van der Waals surface area contributed by atoms with Crippen LogP contribution in [0, 0.1) is 11.8 Å². The van der Waals surface area contributed by atoms with E-state index < -0.39 is 41.7 Å². The van der Waals surface area contributed by atoms with Crippen molar-refractivity contribution in [2.75, 3.05) is 26.2 Å². The normalized spacial score (nSPS) is 36.4. The Balaban J connectivity index is 1.56. The third-order valence-corrected chi connectivity index (χ3v) is 9.63. The summed E-state index contributed by atoms with van der Waals surface area (Å²) < 4.78 is 12.9. The van der Waals surface area contributed by atoms with Crippen LogP contribution < -0.4 is 5.32 Å². The number of nitrogens with one attached hydrogen (secondary N) is 1. The predicted octanol–water partition coefficient (Wildman–Crippen LogP) is 2.19. The lowest BCUT2D eigenvalue weighted by molar-refractivity contribution is -0.158. The van der Waals surface area contributed by atoms with Gasteiger partial charge in [0.05, 0.1) is 12.5 Å². The summed E-state index contributed by atoms with van der Waals surface area (Å²) in [4.78, 5) is 58.1. The maximum atomic E-state index is 14.6. The Labute approximate surface area is 243 Å². The highest BCUT2D eigenvalue weighted by atomic mass is 79.9. The van der Waals surface area contributed by atoms with E-state index >= 15 is 0 Å². The lowest BCUT2D eigenvalue weighted by Gasteiger charge is -2.40. The molecular formula is C29H40BrN3O7. The van der Waals surface area contributed by atoms with Gasteiger partial charge in [0.2, 0.25) is 17.7 Å². The summed E-state index contributed by atoms with van der Waals surface area (Å²) in [7, 11) is 0. The third-order valence-electron chi connectivity index (χ3n) is 8.95. The minimum Gasteiger partial charge on any atom is -0.460 e. The number of ether oxygens (including phenoxy) is 2. The first kappa shape index (κ1) is 29.3. The standard InChI is InChI=1S/C29H40BrN3O7/c1-18-17-31-21(35)12-6-3-7-13-32(19-10-4-2-5-11-19)27(37)25-29-16-20(30)24(40-29)22(28(38)39-18)23(29)26(36)33(25)14-8-9-15-34/h3,7,16,18-19,22-25,34H,2,4-6,8-15,17H2,1H3,(H,31,35)/b7-3-/t18-,22+,23-,24+,25+,29-/m1/s1. The highest BCUT2D eigenvalue weighted by Crippen LogP contribution is 2.59. The average Bonchev–Trinajstić information content (AvgIpc) is 3.53. The number of fused-ring (bicyclic) bond motifs is 2. The minimum absolute atomic E-state index is 0.0123. The molecule has 0 aromatic rings. The molecule has 220 valence electrons. The van der Waals surface area contributed by atoms with Gasteiger partial charge < -0.3 is 29.7 Å². The number of carbonyl (C=O) groups is 4. The summed E-state index contributed by atoms with van der Waals surface area (Å²) in [5.74, 6) is -3.00. The summed E-state index contributed by atoms with van der Waals surface area (Å²) >= 11 is 3.57. The van der Waals surface area contributed by atoms with E-state index in [1.54, 1.807) is 11.8 Å². The number of amides is 3. The molecule has 3 fully saturated rings. The SMILES string of the molecule is C[C@@H]1CNC(=O)CC/C=C\CN(C2CCCCC2)C(=O)[C@@H]2N(CCCCO)C(=O)[C@H]3[C@H](C(=O)O1)[C@H]1O[C@@]23C=C1Br. The average molecular weight is 623 g/mol. The third kappa shape index (κ3) is 5.36. The Hall–Kier alpha value is -2.24. The molecule has 1 aliphatic carbocycles. The lowest BCUT2D eigenvalue weighted by Crippen LogP contribution is -2.58. The van der Waals surface area contributed by atoms with E-state index in [-0.39, 0.29) is 43.5 Å². The second-order valence-electron chi connectivity index (χ2n) is 11.6. The van der Waals surface area contributed by atoms with E-state index in [0.717, 1.165) is 32.1 Å². The van der Waals surface area contributed by atoms with Gasteiger partial charge in [-0.25, -0.2) is 0 Å². The number of aliphatic hydroxyl groups excluding tert-OH is 1. The van der Waals surface area contributed by atoms with Gasteiger partial charge in [-0.3, -0.25) is 19.2 Å². The van der Waals surface area contributed by atoms with Gasteiger partial charge in [0.15, 0.2) is 0 Å². The molecule has 3 amide bonds. The van der Waals surface area contributed by atoms with Gasteiger partial charge >= 0.3 is 5.97 Å². The molecule has 4 aliphatic heterocycles.